The number of carbonyl (C=O) groups excluding carboxylic acids is 1. The van der Waals surface area contributed by atoms with Crippen molar-refractivity contribution in [2.45, 2.75) is 26.6 Å². The van der Waals surface area contributed by atoms with Crippen molar-refractivity contribution in [2.24, 2.45) is 0 Å². The Morgan fingerprint density at radius 3 is 2.64 bits per heavy atom. The monoisotopic (exact) mass is 385 g/mol. The van der Waals surface area contributed by atoms with Crippen molar-refractivity contribution in [1.29, 1.82) is 0 Å². The van der Waals surface area contributed by atoms with Crippen LogP contribution in [0.1, 0.15) is 16.8 Å². The van der Waals surface area contributed by atoms with E-state index < -0.39 is 6.29 Å². The minimum atomic E-state index is -0.507. The molecule has 0 aliphatic heterocycles. The summed E-state index contributed by atoms with van der Waals surface area (Å²) in [6.45, 7) is 3.93. The summed E-state index contributed by atoms with van der Waals surface area (Å²) >= 11 is 0. The second-order valence-electron chi connectivity index (χ2n) is 6.69. The fourth-order valence-corrected chi connectivity index (χ4v) is 3.07. The maximum absolute atomic E-state index is 13.7. The summed E-state index contributed by atoms with van der Waals surface area (Å²) in [7, 11) is 3.03. The van der Waals surface area contributed by atoms with Crippen molar-refractivity contribution in [3.63, 3.8) is 0 Å². The van der Waals surface area contributed by atoms with Gasteiger partial charge in [0.05, 0.1) is 24.4 Å². The number of carbonyl (C=O) groups is 1. The average Bonchev–Trinajstić information content (AvgIpc) is 3.02. The Kier molecular flexibility index (Phi) is 6.06. The van der Waals surface area contributed by atoms with Crippen molar-refractivity contribution >= 4 is 11.6 Å². The number of aryl methyl sites for hydroxylation is 2. The topological polar surface area (TPSA) is 64.9 Å². The number of nitrogens with zero attached hydrogens (tertiary/aromatic N) is 2. The molecular formula is C21H24FN3O3. The molecule has 1 aromatic carbocycles. The van der Waals surface area contributed by atoms with Gasteiger partial charge >= 0.3 is 0 Å². The number of benzene rings is 1. The van der Waals surface area contributed by atoms with Gasteiger partial charge in [0.15, 0.2) is 6.29 Å². The number of methoxy groups -OCH3 is 2. The van der Waals surface area contributed by atoms with E-state index in [1.54, 1.807) is 19.1 Å². The van der Waals surface area contributed by atoms with Crippen LogP contribution in [0.15, 0.2) is 36.5 Å². The standard InChI is InChI=1S/C21H24FN3O3/c1-13-5-8-18-24-21(15-6-7-16(22)14(2)9-15)17(25(18)12-13)10-19(26)23-11-20(27-3)28-4/h5-9,12,20H,10-11H2,1-4H3,(H,23,26). The number of aromatic nitrogens is 2. The Balaban J connectivity index is 1.97. The molecule has 0 unspecified atom stereocenters. The van der Waals surface area contributed by atoms with E-state index in [1.165, 1.54) is 20.3 Å². The Morgan fingerprint density at radius 2 is 1.96 bits per heavy atom. The van der Waals surface area contributed by atoms with Crippen LogP contribution in [-0.4, -0.2) is 42.3 Å². The van der Waals surface area contributed by atoms with Crippen LogP contribution in [0, 0.1) is 19.7 Å². The van der Waals surface area contributed by atoms with Crippen LogP contribution in [0.25, 0.3) is 16.9 Å². The van der Waals surface area contributed by atoms with Gasteiger partial charge in [-0.15, -0.1) is 0 Å². The molecule has 0 radical (unpaired) electrons. The van der Waals surface area contributed by atoms with E-state index in [0.717, 1.165) is 22.5 Å². The molecule has 1 amide bonds. The molecule has 0 atom stereocenters. The van der Waals surface area contributed by atoms with Gasteiger partial charge in [-0.05, 0) is 49.2 Å². The number of amides is 1. The maximum Gasteiger partial charge on any atom is 0.226 e. The van der Waals surface area contributed by atoms with E-state index in [1.807, 2.05) is 29.7 Å². The fraction of sp³-hybridized carbons (Fsp3) is 0.333. The summed E-state index contributed by atoms with van der Waals surface area (Å²) in [5.41, 5.74) is 4.50. The highest BCUT2D eigenvalue weighted by atomic mass is 19.1. The zero-order valence-electron chi connectivity index (χ0n) is 16.5. The molecule has 7 heteroatoms. The summed E-state index contributed by atoms with van der Waals surface area (Å²) < 4.78 is 25.8. The fourth-order valence-electron chi connectivity index (χ4n) is 3.07. The zero-order valence-corrected chi connectivity index (χ0v) is 16.5. The molecule has 0 fully saturated rings. The first-order valence-electron chi connectivity index (χ1n) is 8.99. The number of nitrogens with one attached hydrogen (secondary N) is 1. The van der Waals surface area contributed by atoms with Gasteiger partial charge in [0.1, 0.15) is 11.5 Å². The predicted molar refractivity (Wildman–Crippen MR) is 105 cm³/mol. The Labute approximate surface area is 163 Å². The lowest BCUT2D eigenvalue weighted by molar-refractivity contribution is -0.126. The van der Waals surface area contributed by atoms with Crippen LogP contribution in [-0.2, 0) is 20.7 Å². The minimum Gasteiger partial charge on any atom is -0.354 e. The molecule has 2 aromatic heterocycles. The lowest BCUT2D eigenvalue weighted by atomic mass is 10.1. The first-order chi connectivity index (χ1) is 13.4. The quantitative estimate of drug-likeness (QED) is 0.635. The predicted octanol–water partition coefficient (Wildman–Crippen LogP) is 3.03. The van der Waals surface area contributed by atoms with Crippen LogP contribution in [0.2, 0.25) is 0 Å². The molecule has 148 valence electrons. The van der Waals surface area contributed by atoms with Gasteiger partial charge in [0.2, 0.25) is 5.91 Å². The van der Waals surface area contributed by atoms with E-state index in [4.69, 9.17) is 9.47 Å². The summed E-state index contributed by atoms with van der Waals surface area (Å²) in [6, 6.07) is 8.73. The van der Waals surface area contributed by atoms with Crippen LogP contribution in [0.3, 0.4) is 0 Å². The van der Waals surface area contributed by atoms with Crippen molar-refractivity contribution in [2.75, 3.05) is 20.8 Å². The number of fused-ring (bicyclic) bond motifs is 1. The van der Waals surface area contributed by atoms with Crippen molar-refractivity contribution in [1.82, 2.24) is 14.7 Å². The number of hydrogen-bond acceptors (Lipinski definition) is 4. The number of imidazole rings is 1. The molecule has 0 bridgehead atoms. The summed E-state index contributed by atoms with van der Waals surface area (Å²) in [6.07, 6.45) is 1.56. The molecule has 0 aliphatic carbocycles. The van der Waals surface area contributed by atoms with Crippen LogP contribution in [0.4, 0.5) is 4.39 Å². The van der Waals surface area contributed by atoms with E-state index in [2.05, 4.69) is 10.3 Å². The van der Waals surface area contributed by atoms with Crippen LogP contribution < -0.4 is 5.32 Å². The van der Waals surface area contributed by atoms with Gasteiger partial charge in [-0.25, -0.2) is 9.37 Å². The van der Waals surface area contributed by atoms with Gasteiger partial charge in [-0.3, -0.25) is 4.79 Å². The van der Waals surface area contributed by atoms with Gasteiger partial charge in [0.25, 0.3) is 0 Å². The SMILES string of the molecule is COC(CNC(=O)Cc1c(-c2ccc(F)c(C)c2)nc2ccc(C)cn12)OC. The Hall–Kier alpha value is -2.77. The number of halogens is 1. The van der Waals surface area contributed by atoms with Gasteiger partial charge in [-0.1, -0.05) is 6.07 Å². The molecule has 2 heterocycles. The highest BCUT2D eigenvalue weighted by Gasteiger charge is 2.18. The molecular weight excluding hydrogens is 361 g/mol. The van der Waals surface area contributed by atoms with Gasteiger partial charge < -0.3 is 19.2 Å². The molecule has 0 saturated heterocycles. The van der Waals surface area contributed by atoms with E-state index in [0.29, 0.717) is 11.3 Å². The molecule has 6 nitrogen and oxygen atoms in total. The normalized spacial score (nSPS) is 11.4. The second kappa shape index (κ2) is 8.50. The lowest BCUT2D eigenvalue weighted by Gasteiger charge is -2.14. The smallest absolute Gasteiger partial charge is 0.226 e. The van der Waals surface area contributed by atoms with Gasteiger partial charge in [0, 0.05) is 26.0 Å². The summed E-state index contributed by atoms with van der Waals surface area (Å²) in [5, 5.41) is 2.81. The molecule has 28 heavy (non-hydrogen) atoms. The number of pyridine rings is 1. The lowest BCUT2D eigenvalue weighted by Crippen LogP contribution is -2.35. The number of hydrogen-bond donors (Lipinski definition) is 1. The third-order valence-corrected chi connectivity index (χ3v) is 4.62. The zero-order chi connectivity index (χ0) is 20.3. The maximum atomic E-state index is 13.7. The minimum absolute atomic E-state index is 0.122. The Morgan fingerprint density at radius 1 is 1.21 bits per heavy atom. The highest BCUT2D eigenvalue weighted by molar-refractivity contribution is 5.81. The van der Waals surface area contributed by atoms with Gasteiger partial charge in [-0.2, -0.15) is 0 Å². The second-order valence-corrected chi connectivity index (χ2v) is 6.69. The number of ether oxygens (including phenoxy) is 2. The molecule has 0 spiro atoms. The largest absolute Gasteiger partial charge is 0.354 e. The highest BCUT2D eigenvalue weighted by Crippen LogP contribution is 2.27. The summed E-state index contributed by atoms with van der Waals surface area (Å²) in [4.78, 5) is 17.2. The van der Waals surface area contributed by atoms with Crippen LogP contribution in [0.5, 0.6) is 0 Å². The molecule has 0 aliphatic rings. The van der Waals surface area contributed by atoms with Crippen molar-refractivity contribution in [3.8, 4) is 11.3 Å². The van der Waals surface area contributed by atoms with E-state index >= 15 is 0 Å². The first kappa shape index (κ1) is 20.0. The number of rotatable bonds is 7. The first-order valence-corrected chi connectivity index (χ1v) is 8.99. The molecule has 0 saturated carbocycles. The van der Waals surface area contributed by atoms with E-state index in [9.17, 15) is 9.18 Å². The molecule has 3 rings (SSSR count). The van der Waals surface area contributed by atoms with Crippen molar-refractivity contribution < 1.29 is 18.7 Å². The average molecular weight is 385 g/mol. The molecule has 3 aromatic rings. The molecule has 1 N–H and O–H groups in total. The Bertz CT molecular complexity index is 996. The third-order valence-electron chi connectivity index (χ3n) is 4.62. The van der Waals surface area contributed by atoms with E-state index in [-0.39, 0.29) is 24.7 Å². The van der Waals surface area contributed by atoms with Crippen molar-refractivity contribution in [3.05, 3.63) is 59.2 Å². The summed E-state index contributed by atoms with van der Waals surface area (Å²) in [5.74, 6) is -0.449. The van der Waals surface area contributed by atoms with Crippen LogP contribution >= 0.6 is 0 Å². The third kappa shape index (κ3) is 4.21.